The van der Waals surface area contributed by atoms with E-state index in [1.165, 1.54) is 75.2 Å². The molecule has 49 heavy (non-hydrogen) atoms. The SMILES string of the molecule is C[N-]c1ccc2sc3c(-c4ccccc4)cccc3c2c1[S-].[Y].c1ccc(-n2c3ccccc3c3ccc4c5ccccc5[nH]c4c32)cc1. The van der Waals surface area contributed by atoms with E-state index in [9.17, 15) is 0 Å². The van der Waals surface area contributed by atoms with Crippen molar-refractivity contribution in [3.8, 4) is 16.8 Å². The zero-order chi connectivity index (χ0) is 32.2. The summed E-state index contributed by atoms with van der Waals surface area (Å²) >= 11 is 7.46. The van der Waals surface area contributed by atoms with Crippen molar-refractivity contribution in [1.82, 2.24) is 9.55 Å². The number of rotatable bonds is 3. The van der Waals surface area contributed by atoms with Crippen LogP contribution in [0.2, 0.25) is 0 Å². The molecule has 0 bridgehead atoms. The van der Waals surface area contributed by atoms with Crippen LogP contribution in [0.3, 0.4) is 0 Å². The van der Waals surface area contributed by atoms with Gasteiger partial charge in [-0.3, -0.25) is 0 Å². The number of nitrogens with zero attached hydrogens (tertiary/aromatic N) is 2. The number of fused-ring (bicyclic) bond motifs is 10. The number of para-hydroxylation sites is 3. The van der Waals surface area contributed by atoms with E-state index in [1.54, 1.807) is 7.05 Å². The topological polar surface area (TPSA) is 34.8 Å². The fourth-order valence-electron chi connectivity index (χ4n) is 7.08. The zero-order valence-electron chi connectivity index (χ0n) is 26.7. The smallest absolute Gasteiger partial charge is 0.0783 e. The van der Waals surface area contributed by atoms with E-state index in [1.807, 2.05) is 23.5 Å². The number of thiophene rings is 1. The maximum atomic E-state index is 5.65. The first-order valence-corrected chi connectivity index (χ1v) is 17.2. The van der Waals surface area contributed by atoms with Crippen LogP contribution in [0.4, 0.5) is 5.69 Å². The van der Waals surface area contributed by atoms with Gasteiger partial charge in [-0.1, -0.05) is 121 Å². The van der Waals surface area contributed by atoms with Gasteiger partial charge in [0.2, 0.25) is 0 Å². The molecule has 0 unspecified atom stereocenters. The molecule has 3 nitrogen and oxygen atoms in total. The van der Waals surface area contributed by atoms with Crippen molar-refractivity contribution >= 4 is 93.4 Å². The summed E-state index contributed by atoms with van der Waals surface area (Å²) in [6, 6.07) is 53.4. The van der Waals surface area contributed by atoms with Crippen molar-refractivity contribution in [2.75, 3.05) is 7.05 Å². The molecule has 0 fully saturated rings. The molecule has 7 aromatic carbocycles. The molecule has 0 saturated carbocycles. The van der Waals surface area contributed by atoms with Crippen molar-refractivity contribution in [3.63, 3.8) is 0 Å². The molecule has 1 radical (unpaired) electrons. The van der Waals surface area contributed by atoms with Crippen LogP contribution < -0.4 is 0 Å². The van der Waals surface area contributed by atoms with Crippen LogP contribution in [-0.4, -0.2) is 16.6 Å². The predicted molar refractivity (Wildman–Crippen MR) is 209 cm³/mol. The fourth-order valence-corrected chi connectivity index (χ4v) is 8.77. The monoisotopic (exact) mass is 740 g/mol. The maximum Gasteiger partial charge on any atom is 0.0783 e. The number of H-pyrrole nitrogens is 1. The number of aromatic amines is 1. The maximum absolute atomic E-state index is 5.65. The average Bonchev–Trinajstić information content (AvgIpc) is 3.83. The zero-order valence-corrected chi connectivity index (χ0v) is 31.2. The largest absolute Gasteiger partial charge is 0.780 e. The van der Waals surface area contributed by atoms with Gasteiger partial charge >= 0.3 is 0 Å². The van der Waals surface area contributed by atoms with Gasteiger partial charge in [-0.15, -0.1) is 18.4 Å². The van der Waals surface area contributed by atoms with Crippen molar-refractivity contribution < 1.29 is 32.7 Å². The van der Waals surface area contributed by atoms with Gasteiger partial charge in [0.15, 0.2) is 0 Å². The quantitative estimate of drug-likeness (QED) is 0.180. The van der Waals surface area contributed by atoms with E-state index in [2.05, 4.69) is 154 Å². The van der Waals surface area contributed by atoms with Crippen molar-refractivity contribution in [1.29, 1.82) is 0 Å². The Hall–Kier alpha value is -4.52. The molecule has 0 aliphatic carbocycles. The van der Waals surface area contributed by atoms with Crippen molar-refractivity contribution in [2.45, 2.75) is 4.90 Å². The minimum absolute atomic E-state index is 0. The molecular weight excluding hydrogens is 712 g/mol. The molecule has 3 aromatic heterocycles. The van der Waals surface area contributed by atoms with Crippen LogP contribution in [0.25, 0.3) is 85.9 Å². The van der Waals surface area contributed by atoms with Crippen LogP contribution in [0.15, 0.2) is 157 Å². The third-order valence-electron chi connectivity index (χ3n) is 9.25. The van der Waals surface area contributed by atoms with Crippen LogP contribution in [0.5, 0.6) is 0 Å². The fraction of sp³-hybridized carbons (Fsp3) is 0.0233. The van der Waals surface area contributed by atoms with Gasteiger partial charge in [-0.2, -0.15) is 10.6 Å². The molecule has 1 N–H and O–H groups in total. The van der Waals surface area contributed by atoms with Crippen LogP contribution in [0, 0.1) is 0 Å². The molecule has 0 saturated heterocycles. The van der Waals surface area contributed by atoms with Gasteiger partial charge < -0.3 is 27.5 Å². The summed E-state index contributed by atoms with van der Waals surface area (Å²) in [5.41, 5.74) is 9.45. The third-order valence-corrected chi connectivity index (χ3v) is 10.9. The summed E-state index contributed by atoms with van der Waals surface area (Å²) in [5, 5.41) is 11.8. The van der Waals surface area contributed by atoms with Crippen molar-refractivity contribution in [2.24, 2.45) is 0 Å². The molecule has 10 rings (SSSR count). The molecule has 0 aliphatic rings. The van der Waals surface area contributed by atoms with E-state index in [4.69, 9.17) is 12.6 Å². The Kier molecular flexibility index (Phi) is 8.47. The Bertz CT molecular complexity index is 2780. The minimum Gasteiger partial charge on any atom is -0.780 e. The van der Waals surface area contributed by atoms with Gasteiger partial charge in [0.1, 0.15) is 0 Å². The summed E-state index contributed by atoms with van der Waals surface area (Å²) < 4.78 is 4.90. The Balaban J connectivity index is 0.000000141. The van der Waals surface area contributed by atoms with E-state index in [-0.39, 0.29) is 32.7 Å². The number of nitrogens with one attached hydrogen (secondary N) is 1. The standard InChI is InChI=1S/C24H16N2.C19H14NS2.Y/c1-2-8-16(9-3-1)26-22-13-7-5-11-18(22)20-15-14-19-17-10-4-6-12-21(17)25-23(19)24(20)26;1-20-15-10-11-16-17(18(15)21)14-9-5-8-13(19(14)22-16)12-6-3-2-4-7-12;/h1-15,25H;2-11,21H,1H3;/q;-1;/p-1. The van der Waals surface area contributed by atoms with Crippen LogP contribution >= 0.6 is 11.3 Å². The summed E-state index contributed by atoms with van der Waals surface area (Å²) in [7, 11) is 1.79. The molecule has 3 heterocycles. The molecule has 0 aliphatic heterocycles. The minimum atomic E-state index is 0. The molecule has 10 aromatic rings. The second-order valence-electron chi connectivity index (χ2n) is 11.9. The Morgan fingerprint density at radius 2 is 1.29 bits per heavy atom. The number of benzene rings is 7. The normalized spacial score (nSPS) is 11.3. The van der Waals surface area contributed by atoms with Gasteiger partial charge in [0, 0.05) is 74.9 Å². The third kappa shape index (κ3) is 5.24. The second kappa shape index (κ2) is 13.1. The van der Waals surface area contributed by atoms with Gasteiger partial charge in [0.25, 0.3) is 0 Å². The summed E-state index contributed by atoms with van der Waals surface area (Å²) in [6.45, 7) is 0. The first-order valence-electron chi connectivity index (χ1n) is 16.0. The molecule has 0 spiro atoms. The van der Waals surface area contributed by atoms with Crippen molar-refractivity contribution in [3.05, 3.63) is 157 Å². The van der Waals surface area contributed by atoms with E-state index in [0.717, 1.165) is 16.0 Å². The number of hydrogen-bond donors (Lipinski definition) is 1. The van der Waals surface area contributed by atoms with Gasteiger partial charge in [0.05, 0.1) is 16.6 Å². The first-order chi connectivity index (χ1) is 23.7. The number of hydrogen-bond acceptors (Lipinski definition) is 2. The van der Waals surface area contributed by atoms with Crippen LogP contribution in [-0.2, 0) is 45.3 Å². The van der Waals surface area contributed by atoms with E-state index >= 15 is 0 Å². The first kappa shape index (κ1) is 31.7. The molecule has 233 valence electrons. The average molecular weight is 741 g/mol. The van der Waals surface area contributed by atoms with Crippen LogP contribution in [0.1, 0.15) is 0 Å². The molecular formula is C43H29N3S2Y-2. The second-order valence-corrected chi connectivity index (χ2v) is 13.4. The Labute approximate surface area is 318 Å². The number of aromatic nitrogens is 2. The Morgan fingerprint density at radius 1 is 0.612 bits per heavy atom. The van der Waals surface area contributed by atoms with Gasteiger partial charge in [-0.05, 0) is 52.2 Å². The van der Waals surface area contributed by atoms with Gasteiger partial charge in [-0.25, -0.2) is 0 Å². The summed E-state index contributed by atoms with van der Waals surface area (Å²) in [6.07, 6.45) is 0. The predicted octanol–water partition coefficient (Wildman–Crippen LogP) is 12.7. The molecule has 6 heteroatoms. The molecule has 0 amide bonds. The summed E-state index contributed by atoms with van der Waals surface area (Å²) in [5.74, 6) is 0. The van der Waals surface area contributed by atoms with E-state index < -0.39 is 0 Å². The Morgan fingerprint density at radius 3 is 2.08 bits per heavy atom. The summed E-state index contributed by atoms with van der Waals surface area (Å²) in [4.78, 5) is 4.53. The molecule has 0 atom stereocenters. The van der Waals surface area contributed by atoms with E-state index in [0.29, 0.717) is 0 Å².